The molecule has 0 bridgehead atoms. The first-order valence-electron chi connectivity index (χ1n) is 9.87. The van der Waals surface area contributed by atoms with Gasteiger partial charge in [-0.3, -0.25) is 9.59 Å². The second-order valence-corrected chi connectivity index (χ2v) is 6.79. The number of benzene rings is 2. The highest BCUT2D eigenvalue weighted by Gasteiger charge is 2.15. The largest absolute Gasteiger partial charge is 0.461 e. The van der Waals surface area contributed by atoms with E-state index >= 15 is 0 Å². The Hall–Kier alpha value is -4.13. The Bertz CT molecular complexity index is 1140. The van der Waals surface area contributed by atoms with Crippen LogP contribution in [0.5, 0.6) is 0 Å². The monoisotopic (exact) mass is 415 g/mol. The lowest BCUT2D eigenvalue weighted by Gasteiger charge is -2.06. The third-order valence-electron chi connectivity index (χ3n) is 4.61. The van der Waals surface area contributed by atoms with Crippen LogP contribution in [0, 0.1) is 0 Å². The lowest BCUT2D eigenvalue weighted by Crippen LogP contribution is -2.26. The van der Waals surface area contributed by atoms with Gasteiger partial charge in [0.2, 0.25) is 0 Å². The van der Waals surface area contributed by atoms with Crippen molar-refractivity contribution in [3.63, 3.8) is 0 Å². The molecule has 7 nitrogen and oxygen atoms in total. The molecule has 156 valence electrons. The van der Waals surface area contributed by atoms with Gasteiger partial charge in [-0.15, -0.1) is 0 Å². The Morgan fingerprint density at radius 2 is 1.71 bits per heavy atom. The molecule has 4 rings (SSSR count). The average molecular weight is 415 g/mol. The maximum Gasteiger partial charge on any atom is 0.307 e. The molecule has 2 aromatic heterocycles. The Morgan fingerprint density at radius 3 is 2.42 bits per heavy atom. The van der Waals surface area contributed by atoms with Crippen LogP contribution in [0.4, 0.5) is 0 Å². The molecule has 31 heavy (non-hydrogen) atoms. The third kappa shape index (κ3) is 5.08. The van der Waals surface area contributed by atoms with Gasteiger partial charge in [0.15, 0.2) is 5.76 Å². The van der Waals surface area contributed by atoms with Crippen molar-refractivity contribution in [2.75, 3.05) is 6.54 Å². The van der Waals surface area contributed by atoms with E-state index in [1.165, 1.54) is 6.26 Å². The summed E-state index contributed by atoms with van der Waals surface area (Å²) in [5, 5.41) is 7.33. The first kappa shape index (κ1) is 20.2. The van der Waals surface area contributed by atoms with Gasteiger partial charge in [0.1, 0.15) is 6.61 Å². The van der Waals surface area contributed by atoms with E-state index in [1.54, 1.807) is 16.8 Å². The first-order chi connectivity index (χ1) is 15.2. The van der Waals surface area contributed by atoms with E-state index < -0.39 is 5.97 Å². The number of furan rings is 1. The molecule has 0 aliphatic rings. The van der Waals surface area contributed by atoms with Crippen molar-refractivity contribution >= 4 is 11.9 Å². The zero-order chi connectivity index (χ0) is 21.5. The van der Waals surface area contributed by atoms with Crippen molar-refractivity contribution in [3.8, 4) is 16.9 Å². The number of para-hydroxylation sites is 1. The number of ether oxygens (including phenoxy) is 1. The summed E-state index contributed by atoms with van der Waals surface area (Å²) < 4.78 is 12.2. The van der Waals surface area contributed by atoms with Crippen molar-refractivity contribution in [2.24, 2.45) is 0 Å². The van der Waals surface area contributed by atoms with Crippen molar-refractivity contribution in [1.82, 2.24) is 15.1 Å². The molecule has 1 amide bonds. The molecule has 4 aromatic rings. The molecular weight excluding hydrogens is 394 g/mol. The van der Waals surface area contributed by atoms with Crippen molar-refractivity contribution in [1.29, 1.82) is 0 Å². The third-order valence-corrected chi connectivity index (χ3v) is 4.61. The Kier molecular flexibility index (Phi) is 6.23. The number of aromatic nitrogens is 2. The standard InChI is InChI=1S/C24H21N3O4/c28-22(13-14-25-24(29)21-12-7-15-30-21)31-17-19-16-27(20-10-5-2-6-11-20)26-23(19)18-8-3-1-4-9-18/h1-12,15-16H,13-14,17H2,(H,25,29). The highest BCUT2D eigenvalue weighted by molar-refractivity contribution is 5.91. The minimum absolute atomic E-state index is 0.0555. The summed E-state index contributed by atoms with van der Waals surface area (Å²) in [4.78, 5) is 24.0. The molecule has 0 radical (unpaired) electrons. The number of hydrogen-bond acceptors (Lipinski definition) is 5. The summed E-state index contributed by atoms with van der Waals surface area (Å²) in [6, 6.07) is 22.7. The molecule has 0 unspecified atom stereocenters. The predicted molar refractivity (Wildman–Crippen MR) is 114 cm³/mol. The number of nitrogens with one attached hydrogen (secondary N) is 1. The highest BCUT2D eigenvalue weighted by atomic mass is 16.5. The van der Waals surface area contributed by atoms with Crippen LogP contribution in [-0.4, -0.2) is 28.2 Å². The molecular formula is C24H21N3O4. The van der Waals surface area contributed by atoms with Gasteiger partial charge < -0.3 is 14.5 Å². The lowest BCUT2D eigenvalue weighted by molar-refractivity contribution is -0.144. The molecule has 0 fully saturated rings. The van der Waals surface area contributed by atoms with Crippen LogP contribution in [-0.2, 0) is 16.1 Å². The number of rotatable bonds is 8. The highest BCUT2D eigenvalue weighted by Crippen LogP contribution is 2.24. The van der Waals surface area contributed by atoms with E-state index in [-0.39, 0.29) is 31.2 Å². The van der Waals surface area contributed by atoms with Gasteiger partial charge in [-0.1, -0.05) is 48.5 Å². The normalized spacial score (nSPS) is 10.6. The van der Waals surface area contributed by atoms with Crippen LogP contribution in [0.3, 0.4) is 0 Å². The fourth-order valence-corrected chi connectivity index (χ4v) is 3.07. The Balaban J connectivity index is 1.40. The van der Waals surface area contributed by atoms with Gasteiger partial charge in [-0.25, -0.2) is 4.68 Å². The van der Waals surface area contributed by atoms with E-state index in [9.17, 15) is 9.59 Å². The molecule has 7 heteroatoms. The van der Waals surface area contributed by atoms with Gasteiger partial charge >= 0.3 is 5.97 Å². The fourth-order valence-electron chi connectivity index (χ4n) is 3.07. The number of amides is 1. The maximum absolute atomic E-state index is 12.2. The molecule has 0 atom stereocenters. The van der Waals surface area contributed by atoms with Crippen LogP contribution >= 0.6 is 0 Å². The van der Waals surface area contributed by atoms with Crippen LogP contribution in [0.15, 0.2) is 89.7 Å². The molecule has 2 heterocycles. The van der Waals surface area contributed by atoms with Crippen LogP contribution in [0.25, 0.3) is 16.9 Å². The summed E-state index contributed by atoms with van der Waals surface area (Å²) in [7, 11) is 0. The van der Waals surface area contributed by atoms with E-state index in [4.69, 9.17) is 14.3 Å². The van der Waals surface area contributed by atoms with Crippen LogP contribution < -0.4 is 5.32 Å². The van der Waals surface area contributed by atoms with Crippen molar-refractivity contribution in [2.45, 2.75) is 13.0 Å². The van der Waals surface area contributed by atoms with Crippen LogP contribution in [0.2, 0.25) is 0 Å². The minimum atomic E-state index is -0.411. The summed E-state index contributed by atoms with van der Waals surface area (Å²) in [6.45, 7) is 0.245. The number of carbonyl (C=O) groups is 2. The second-order valence-electron chi connectivity index (χ2n) is 6.79. The quantitative estimate of drug-likeness (QED) is 0.440. The molecule has 0 aliphatic heterocycles. The average Bonchev–Trinajstić information content (AvgIpc) is 3.49. The zero-order valence-corrected chi connectivity index (χ0v) is 16.7. The van der Waals surface area contributed by atoms with E-state index in [2.05, 4.69) is 5.32 Å². The van der Waals surface area contributed by atoms with Crippen molar-refractivity contribution in [3.05, 3.63) is 96.6 Å². The van der Waals surface area contributed by atoms with Crippen molar-refractivity contribution < 1.29 is 18.7 Å². The van der Waals surface area contributed by atoms with E-state index in [0.717, 1.165) is 22.5 Å². The number of esters is 1. The van der Waals surface area contributed by atoms with Gasteiger partial charge in [0.05, 0.1) is 24.1 Å². The summed E-state index contributed by atoms with van der Waals surface area (Å²) in [6.07, 6.45) is 3.34. The first-order valence-corrected chi connectivity index (χ1v) is 9.87. The molecule has 0 saturated heterocycles. The Labute approximate surface area is 179 Å². The maximum atomic E-state index is 12.2. The SMILES string of the molecule is O=C(CCNC(=O)c1ccco1)OCc1cn(-c2ccccc2)nc1-c1ccccc1. The topological polar surface area (TPSA) is 86.4 Å². The smallest absolute Gasteiger partial charge is 0.307 e. The number of carbonyl (C=O) groups excluding carboxylic acids is 2. The van der Waals surface area contributed by atoms with Gasteiger partial charge in [0, 0.05) is 23.9 Å². The number of hydrogen-bond donors (Lipinski definition) is 1. The van der Waals surface area contributed by atoms with Gasteiger partial charge in [0.25, 0.3) is 5.91 Å². The minimum Gasteiger partial charge on any atom is -0.461 e. The fraction of sp³-hybridized carbons (Fsp3) is 0.125. The molecule has 0 spiro atoms. The number of nitrogens with zero attached hydrogens (tertiary/aromatic N) is 2. The van der Waals surface area contributed by atoms with Gasteiger partial charge in [-0.05, 0) is 24.3 Å². The van der Waals surface area contributed by atoms with Crippen LogP contribution in [0.1, 0.15) is 22.5 Å². The second kappa shape index (κ2) is 9.58. The molecule has 1 N–H and O–H groups in total. The van der Waals surface area contributed by atoms with E-state index in [0.29, 0.717) is 0 Å². The zero-order valence-electron chi connectivity index (χ0n) is 16.7. The Morgan fingerprint density at radius 1 is 0.968 bits per heavy atom. The predicted octanol–water partition coefficient (Wildman–Crippen LogP) is 4.00. The molecule has 2 aromatic carbocycles. The molecule has 0 saturated carbocycles. The van der Waals surface area contributed by atoms with Gasteiger partial charge in [-0.2, -0.15) is 5.10 Å². The summed E-state index contributed by atoms with van der Waals surface area (Å²) in [5.41, 5.74) is 3.40. The molecule has 0 aliphatic carbocycles. The van der Waals surface area contributed by atoms with E-state index in [1.807, 2.05) is 66.9 Å². The lowest BCUT2D eigenvalue weighted by atomic mass is 10.1. The summed E-state index contributed by atoms with van der Waals surface area (Å²) in [5.74, 6) is -0.575. The summed E-state index contributed by atoms with van der Waals surface area (Å²) >= 11 is 0.